The molecule has 1 fully saturated rings. The van der Waals surface area contributed by atoms with Crippen LogP contribution in [0.5, 0.6) is 0 Å². The molecule has 0 aromatic heterocycles. The zero-order chi connectivity index (χ0) is 12.5. The normalized spacial score (nSPS) is 28.3. The fraction of sp³-hybridized carbons (Fsp3) is 0.750. The van der Waals surface area contributed by atoms with Crippen LogP contribution >= 0.6 is 0 Å². The summed E-state index contributed by atoms with van der Waals surface area (Å²) in [5, 5.41) is 8.87. The second-order valence-electron chi connectivity index (χ2n) is 5.13. The van der Waals surface area contributed by atoms with Gasteiger partial charge in [0.05, 0.1) is 6.61 Å². The second kappa shape index (κ2) is 4.55. The summed E-state index contributed by atoms with van der Waals surface area (Å²) in [6.45, 7) is 11.5. The van der Waals surface area contributed by atoms with E-state index in [1.807, 2.05) is 6.92 Å². The minimum atomic E-state index is -0.379. The average Bonchev–Trinajstić information content (AvgIpc) is 2.66. The summed E-state index contributed by atoms with van der Waals surface area (Å²) in [5.74, 6) is 0.0813. The molecule has 92 valence electrons. The van der Waals surface area contributed by atoms with Gasteiger partial charge in [0, 0.05) is 18.8 Å². The molecule has 0 aromatic rings. The second-order valence-corrected chi connectivity index (χ2v) is 5.13. The third-order valence-electron chi connectivity index (χ3n) is 3.53. The van der Waals surface area contributed by atoms with Gasteiger partial charge in [0.15, 0.2) is 0 Å². The number of hydrogen-bond acceptors (Lipinski definition) is 4. The molecule has 4 nitrogen and oxygen atoms in total. The van der Waals surface area contributed by atoms with E-state index in [1.165, 1.54) is 6.92 Å². The minimum Gasteiger partial charge on any atom is -0.466 e. The lowest BCUT2D eigenvalue weighted by Crippen LogP contribution is -2.18. The van der Waals surface area contributed by atoms with Gasteiger partial charge in [-0.3, -0.25) is 10.1 Å². The number of rotatable bonds is 5. The molecule has 1 aliphatic rings. The average molecular weight is 228 g/mol. The van der Waals surface area contributed by atoms with Crippen molar-refractivity contribution in [3.05, 3.63) is 12.2 Å². The van der Waals surface area contributed by atoms with Crippen LogP contribution < -0.4 is 0 Å². The molecule has 0 aromatic carbocycles. The highest BCUT2D eigenvalue weighted by molar-refractivity contribution is 5.65. The van der Waals surface area contributed by atoms with Crippen molar-refractivity contribution in [1.29, 1.82) is 0 Å². The lowest BCUT2D eigenvalue weighted by Gasteiger charge is -2.14. The highest BCUT2D eigenvalue weighted by Gasteiger charge is 2.62. The van der Waals surface area contributed by atoms with Gasteiger partial charge in [0.2, 0.25) is 0 Å². The van der Waals surface area contributed by atoms with E-state index in [-0.39, 0.29) is 29.3 Å². The van der Waals surface area contributed by atoms with Crippen molar-refractivity contribution in [2.75, 3.05) is 6.61 Å². The first-order valence-electron chi connectivity index (χ1n) is 5.41. The third-order valence-corrected chi connectivity index (χ3v) is 3.53. The fourth-order valence-electron chi connectivity index (χ4n) is 2.38. The van der Waals surface area contributed by atoms with Crippen LogP contribution in [0.4, 0.5) is 0 Å². The zero-order valence-corrected chi connectivity index (χ0v) is 10.3. The number of esters is 1. The van der Waals surface area contributed by atoms with Gasteiger partial charge in [-0.25, -0.2) is 4.89 Å². The Balaban J connectivity index is 2.62. The Bertz CT molecular complexity index is 295. The summed E-state index contributed by atoms with van der Waals surface area (Å²) in [6, 6.07) is 0. The molecule has 0 spiro atoms. The van der Waals surface area contributed by atoms with Crippen LogP contribution in [0, 0.1) is 17.3 Å². The molecule has 1 rings (SSSR count). The summed E-state index contributed by atoms with van der Waals surface area (Å²) in [6.07, 6.45) is -0.379. The Hall–Kier alpha value is -0.870. The Morgan fingerprint density at radius 1 is 1.50 bits per heavy atom. The Labute approximate surface area is 96.2 Å². The standard InChI is InChI=1S/C12H20O4/c1-7(2)11(16-14)10-9(12(10,4)5)6-15-8(3)13/h9-11,14H,1,6H2,2-5H3. The Kier molecular flexibility index (Phi) is 3.76. The van der Waals surface area contributed by atoms with Crippen LogP contribution in [0.25, 0.3) is 0 Å². The highest BCUT2D eigenvalue weighted by atomic mass is 17.1. The SMILES string of the molecule is C=C(C)C(OO)C1C(COC(C)=O)C1(C)C. The molecule has 4 heteroatoms. The molecule has 0 aliphatic heterocycles. The van der Waals surface area contributed by atoms with E-state index in [1.54, 1.807) is 0 Å². The van der Waals surface area contributed by atoms with Crippen molar-refractivity contribution in [2.45, 2.75) is 33.8 Å². The summed E-state index contributed by atoms with van der Waals surface area (Å²) in [5.41, 5.74) is 0.785. The molecule has 0 saturated heterocycles. The van der Waals surface area contributed by atoms with Gasteiger partial charge in [-0.05, 0) is 17.9 Å². The van der Waals surface area contributed by atoms with E-state index >= 15 is 0 Å². The van der Waals surface area contributed by atoms with Crippen molar-refractivity contribution in [1.82, 2.24) is 0 Å². The van der Waals surface area contributed by atoms with Crippen LogP contribution in [0.3, 0.4) is 0 Å². The summed E-state index contributed by atoms with van der Waals surface area (Å²) < 4.78 is 5.00. The van der Waals surface area contributed by atoms with Crippen LogP contribution in [0.1, 0.15) is 27.7 Å². The van der Waals surface area contributed by atoms with Crippen molar-refractivity contribution < 1.29 is 19.7 Å². The van der Waals surface area contributed by atoms with E-state index in [2.05, 4.69) is 25.3 Å². The quantitative estimate of drug-likeness (QED) is 0.339. The largest absolute Gasteiger partial charge is 0.466 e. The summed E-state index contributed by atoms with van der Waals surface area (Å²) in [4.78, 5) is 15.2. The molecule has 1 N–H and O–H groups in total. The van der Waals surface area contributed by atoms with Crippen LogP contribution in [-0.2, 0) is 14.4 Å². The molecule has 1 aliphatic carbocycles. The first-order valence-corrected chi connectivity index (χ1v) is 5.41. The van der Waals surface area contributed by atoms with Crippen LogP contribution in [-0.4, -0.2) is 23.9 Å². The van der Waals surface area contributed by atoms with Crippen LogP contribution in [0.15, 0.2) is 12.2 Å². The topological polar surface area (TPSA) is 55.8 Å². The Morgan fingerprint density at radius 3 is 2.44 bits per heavy atom. The first-order chi connectivity index (χ1) is 7.32. The maximum Gasteiger partial charge on any atom is 0.302 e. The van der Waals surface area contributed by atoms with E-state index in [4.69, 9.17) is 9.99 Å². The zero-order valence-electron chi connectivity index (χ0n) is 10.3. The maximum atomic E-state index is 10.7. The van der Waals surface area contributed by atoms with Crippen molar-refractivity contribution in [3.63, 3.8) is 0 Å². The molecule has 0 heterocycles. The number of carbonyl (C=O) groups is 1. The van der Waals surface area contributed by atoms with Crippen molar-refractivity contribution in [2.24, 2.45) is 17.3 Å². The molecule has 3 atom stereocenters. The van der Waals surface area contributed by atoms with E-state index < -0.39 is 0 Å². The monoisotopic (exact) mass is 228 g/mol. The van der Waals surface area contributed by atoms with Gasteiger partial charge < -0.3 is 4.74 Å². The minimum absolute atomic E-state index is 0.00178. The molecular weight excluding hydrogens is 208 g/mol. The highest BCUT2D eigenvalue weighted by Crippen LogP contribution is 2.61. The summed E-state index contributed by atoms with van der Waals surface area (Å²) in [7, 11) is 0. The lowest BCUT2D eigenvalue weighted by atomic mass is 10.0. The maximum absolute atomic E-state index is 10.7. The molecule has 0 radical (unpaired) electrons. The van der Waals surface area contributed by atoms with Crippen molar-refractivity contribution >= 4 is 5.97 Å². The predicted octanol–water partition coefficient (Wildman–Crippen LogP) is 2.26. The van der Waals surface area contributed by atoms with Crippen LogP contribution in [0.2, 0.25) is 0 Å². The van der Waals surface area contributed by atoms with E-state index in [0.29, 0.717) is 6.61 Å². The molecule has 1 saturated carbocycles. The summed E-state index contributed by atoms with van der Waals surface area (Å²) >= 11 is 0. The van der Waals surface area contributed by atoms with E-state index in [9.17, 15) is 4.79 Å². The first kappa shape index (κ1) is 13.2. The van der Waals surface area contributed by atoms with Gasteiger partial charge in [-0.1, -0.05) is 20.4 Å². The van der Waals surface area contributed by atoms with Gasteiger partial charge in [-0.15, -0.1) is 0 Å². The molecule has 3 unspecified atom stereocenters. The smallest absolute Gasteiger partial charge is 0.302 e. The fourth-order valence-corrected chi connectivity index (χ4v) is 2.38. The number of carbonyl (C=O) groups excluding carboxylic acids is 1. The third kappa shape index (κ3) is 2.44. The van der Waals surface area contributed by atoms with Gasteiger partial charge in [-0.2, -0.15) is 0 Å². The van der Waals surface area contributed by atoms with Gasteiger partial charge >= 0.3 is 5.97 Å². The van der Waals surface area contributed by atoms with Crippen molar-refractivity contribution in [3.8, 4) is 0 Å². The Morgan fingerprint density at radius 2 is 2.06 bits per heavy atom. The number of hydrogen-bond donors (Lipinski definition) is 1. The molecular formula is C12H20O4. The van der Waals surface area contributed by atoms with Gasteiger partial charge in [0.25, 0.3) is 0 Å². The van der Waals surface area contributed by atoms with Gasteiger partial charge in [0.1, 0.15) is 6.10 Å². The predicted molar refractivity (Wildman–Crippen MR) is 59.7 cm³/mol. The molecule has 16 heavy (non-hydrogen) atoms. The number of ether oxygens (including phenoxy) is 1. The lowest BCUT2D eigenvalue weighted by molar-refractivity contribution is -0.275. The molecule has 0 amide bonds. The van der Waals surface area contributed by atoms with E-state index in [0.717, 1.165) is 5.57 Å². The molecule has 0 bridgehead atoms.